The number of carbonyl (C=O) groups excluding carboxylic acids is 1. The zero-order valence-corrected chi connectivity index (χ0v) is 10.1. The molecule has 1 amide bonds. The van der Waals surface area contributed by atoms with E-state index in [0.29, 0.717) is 12.0 Å². The molecule has 0 aromatic carbocycles. The van der Waals surface area contributed by atoms with Crippen molar-refractivity contribution >= 4 is 18.5 Å². The van der Waals surface area contributed by atoms with Crippen molar-refractivity contribution in [1.82, 2.24) is 4.90 Å². The average molecular weight is 203 g/mol. The van der Waals surface area contributed by atoms with Crippen molar-refractivity contribution < 1.29 is 4.79 Å². The molecular formula is C10H21NOS. The van der Waals surface area contributed by atoms with E-state index in [1.165, 1.54) is 0 Å². The normalized spacial score (nSPS) is 15.6. The fourth-order valence-electron chi connectivity index (χ4n) is 0.985. The van der Waals surface area contributed by atoms with E-state index in [9.17, 15) is 4.79 Å². The largest absolute Gasteiger partial charge is 0.342 e. The molecule has 3 heteroatoms. The number of carbonyl (C=O) groups is 1. The number of nitrogens with zero attached hydrogens (tertiary/aromatic N) is 1. The van der Waals surface area contributed by atoms with Crippen molar-refractivity contribution in [2.75, 3.05) is 7.05 Å². The molecule has 0 aromatic rings. The summed E-state index contributed by atoms with van der Waals surface area (Å²) in [4.78, 5) is 13.5. The average Bonchev–Trinajstić information content (AvgIpc) is 2.12. The second-order valence-corrected chi connectivity index (χ2v) is 4.45. The third kappa shape index (κ3) is 3.59. The standard InChI is InChI=1S/C10H21NOS/c1-6-8(4)11(5)10(12)9(13)7(2)3/h7-9,13H,6H2,1-5H3. The Kier molecular flexibility index (Phi) is 5.45. The fourth-order valence-corrected chi connectivity index (χ4v) is 1.17. The van der Waals surface area contributed by atoms with Gasteiger partial charge in [-0.2, -0.15) is 12.6 Å². The maximum Gasteiger partial charge on any atom is 0.235 e. The minimum atomic E-state index is -0.168. The smallest absolute Gasteiger partial charge is 0.235 e. The molecule has 0 saturated carbocycles. The van der Waals surface area contributed by atoms with Gasteiger partial charge in [-0.3, -0.25) is 4.79 Å². The van der Waals surface area contributed by atoms with E-state index < -0.39 is 0 Å². The van der Waals surface area contributed by atoms with Gasteiger partial charge in [0.25, 0.3) is 0 Å². The minimum absolute atomic E-state index is 0.132. The van der Waals surface area contributed by atoms with Crippen LogP contribution in [0.4, 0.5) is 0 Å². The lowest BCUT2D eigenvalue weighted by Gasteiger charge is -2.27. The fraction of sp³-hybridized carbons (Fsp3) is 0.900. The maximum absolute atomic E-state index is 11.7. The van der Waals surface area contributed by atoms with Crippen LogP contribution in [0.25, 0.3) is 0 Å². The zero-order chi connectivity index (χ0) is 10.6. The topological polar surface area (TPSA) is 20.3 Å². The first-order valence-electron chi connectivity index (χ1n) is 4.86. The van der Waals surface area contributed by atoms with Crippen LogP contribution in [-0.4, -0.2) is 29.1 Å². The predicted octanol–water partition coefficient (Wildman–Crippen LogP) is 2.20. The van der Waals surface area contributed by atoms with Crippen LogP contribution in [0, 0.1) is 5.92 Å². The van der Waals surface area contributed by atoms with Gasteiger partial charge in [-0.1, -0.05) is 20.8 Å². The Hall–Kier alpha value is -0.180. The molecule has 0 saturated heterocycles. The summed E-state index contributed by atoms with van der Waals surface area (Å²) in [5, 5.41) is -0.168. The number of hydrogen-bond acceptors (Lipinski definition) is 2. The minimum Gasteiger partial charge on any atom is -0.342 e. The summed E-state index contributed by atoms with van der Waals surface area (Å²) in [7, 11) is 1.85. The molecule has 0 fully saturated rings. The molecule has 13 heavy (non-hydrogen) atoms. The van der Waals surface area contributed by atoms with E-state index >= 15 is 0 Å². The second-order valence-electron chi connectivity index (χ2n) is 3.90. The van der Waals surface area contributed by atoms with Crippen molar-refractivity contribution in [2.45, 2.75) is 45.4 Å². The Morgan fingerprint density at radius 1 is 1.38 bits per heavy atom. The van der Waals surface area contributed by atoms with E-state index in [1.54, 1.807) is 4.90 Å². The van der Waals surface area contributed by atoms with Crippen LogP contribution in [0.5, 0.6) is 0 Å². The Morgan fingerprint density at radius 3 is 2.15 bits per heavy atom. The molecule has 0 radical (unpaired) electrons. The molecule has 0 rings (SSSR count). The number of rotatable bonds is 4. The van der Waals surface area contributed by atoms with E-state index in [4.69, 9.17) is 0 Å². The summed E-state index contributed by atoms with van der Waals surface area (Å²) in [5.74, 6) is 0.426. The Morgan fingerprint density at radius 2 is 1.85 bits per heavy atom. The van der Waals surface area contributed by atoms with Crippen molar-refractivity contribution in [1.29, 1.82) is 0 Å². The summed E-state index contributed by atoms with van der Waals surface area (Å²) in [6.45, 7) is 8.16. The van der Waals surface area contributed by atoms with Gasteiger partial charge in [0, 0.05) is 13.1 Å². The van der Waals surface area contributed by atoms with Crippen LogP contribution < -0.4 is 0 Å². The van der Waals surface area contributed by atoms with Crippen LogP contribution in [0.1, 0.15) is 34.1 Å². The van der Waals surface area contributed by atoms with Crippen LogP contribution in [0.2, 0.25) is 0 Å². The predicted molar refractivity (Wildman–Crippen MR) is 60.1 cm³/mol. The van der Waals surface area contributed by atoms with E-state index in [0.717, 1.165) is 6.42 Å². The molecule has 0 heterocycles. The summed E-state index contributed by atoms with van der Waals surface area (Å²) in [6, 6.07) is 0.306. The maximum atomic E-state index is 11.7. The second kappa shape index (κ2) is 5.53. The molecule has 2 unspecified atom stereocenters. The molecule has 2 nitrogen and oxygen atoms in total. The summed E-state index contributed by atoms with van der Waals surface area (Å²) < 4.78 is 0. The molecule has 0 bridgehead atoms. The van der Waals surface area contributed by atoms with Crippen LogP contribution in [0.3, 0.4) is 0 Å². The molecule has 78 valence electrons. The number of amides is 1. The van der Waals surface area contributed by atoms with Gasteiger partial charge in [-0.15, -0.1) is 0 Å². The molecule has 0 N–H and O–H groups in total. The van der Waals surface area contributed by atoms with Gasteiger partial charge in [0.15, 0.2) is 0 Å². The summed E-state index contributed by atoms with van der Waals surface area (Å²) >= 11 is 4.30. The van der Waals surface area contributed by atoms with E-state index in [1.807, 2.05) is 20.9 Å². The third-order valence-corrected chi connectivity index (χ3v) is 3.30. The first-order chi connectivity index (χ1) is 5.91. The third-order valence-electron chi connectivity index (χ3n) is 2.48. The van der Waals surface area contributed by atoms with Crippen molar-refractivity contribution in [3.8, 4) is 0 Å². The Balaban J connectivity index is 4.25. The quantitative estimate of drug-likeness (QED) is 0.695. The lowest BCUT2D eigenvalue weighted by atomic mass is 10.1. The Bertz CT molecular complexity index is 170. The molecule has 0 aliphatic carbocycles. The van der Waals surface area contributed by atoms with Gasteiger partial charge in [0.1, 0.15) is 0 Å². The van der Waals surface area contributed by atoms with Crippen molar-refractivity contribution in [2.24, 2.45) is 5.92 Å². The van der Waals surface area contributed by atoms with Crippen LogP contribution in [-0.2, 0) is 4.79 Å². The monoisotopic (exact) mass is 203 g/mol. The van der Waals surface area contributed by atoms with Crippen LogP contribution in [0.15, 0.2) is 0 Å². The number of hydrogen-bond donors (Lipinski definition) is 1. The lowest BCUT2D eigenvalue weighted by Crippen LogP contribution is -2.41. The van der Waals surface area contributed by atoms with Crippen LogP contribution >= 0.6 is 12.6 Å². The highest BCUT2D eigenvalue weighted by Gasteiger charge is 2.23. The van der Waals surface area contributed by atoms with Gasteiger partial charge in [-0.05, 0) is 19.3 Å². The van der Waals surface area contributed by atoms with Gasteiger partial charge in [0.05, 0.1) is 5.25 Å². The Labute approximate surface area is 87.1 Å². The highest BCUT2D eigenvalue weighted by Crippen LogP contribution is 2.13. The summed E-state index contributed by atoms with van der Waals surface area (Å²) in [5.41, 5.74) is 0. The van der Waals surface area contributed by atoms with E-state index in [2.05, 4.69) is 26.5 Å². The molecule has 0 aliphatic rings. The van der Waals surface area contributed by atoms with Gasteiger partial charge in [0.2, 0.25) is 5.91 Å². The lowest BCUT2D eigenvalue weighted by molar-refractivity contribution is -0.131. The highest BCUT2D eigenvalue weighted by atomic mass is 32.1. The number of thiol groups is 1. The first-order valence-corrected chi connectivity index (χ1v) is 5.38. The van der Waals surface area contributed by atoms with Gasteiger partial charge in [-0.25, -0.2) is 0 Å². The highest BCUT2D eigenvalue weighted by molar-refractivity contribution is 7.81. The summed E-state index contributed by atoms with van der Waals surface area (Å²) in [6.07, 6.45) is 0.987. The van der Waals surface area contributed by atoms with Crippen molar-refractivity contribution in [3.05, 3.63) is 0 Å². The molecule has 2 atom stereocenters. The van der Waals surface area contributed by atoms with Gasteiger partial charge >= 0.3 is 0 Å². The molecular weight excluding hydrogens is 182 g/mol. The first kappa shape index (κ1) is 12.8. The van der Waals surface area contributed by atoms with Crippen molar-refractivity contribution in [3.63, 3.8) is 0 Å². The van der Waals surface area contributed by atoms with Gasteiger partial charge < -0.3 is 4.90 Å². The SMILES string of the molecule is CCC(C)N(C)C(=O)C(S)C(C)C. The molecule has 0 aliphatic heterocycles. The van der Waals surface area contributed by atoms with E-state index in [-0.39, 0.29) is 11.2 Å². The molecule has 0 aromatic heterocycles. The molecule has 0 spiro atoms. The zero-order valence-electron chi connectivity index (χ0n) is 9.24.